The molecule has 3 nitrogen and oxygen atoms in total. The van der Waals surface area contributed by atoms with Crippen molar-refractivity contribution in [2.45, 2.75) is 18.3 Å². The van der Waals surface area contributed by atoms with E-state index in [-0.39, 0.29) is 6.07 Å². The first-order valence-electron chi connectivity index (χ1n) is 4.66. The van der Waals surface area contributed by atoms with Crippen molar-refractivity contribution in [1.29, 1.82) is 0 Å². The van der Waals surface area contributed by atoms with Gasteiger partial charge in [-0.1, -0.05) is 6.07 Å². The van der Waals surface area contributed by atoms with Crippen molar-refractivity contribution in [3.8, 4) is 0 Å². The molecule has 114 valence electrons. The van der Waals surface area contributed by atoms with Gasteiger partial charge >= 0.3 is 21.8 Å². The van der Waals surface area contributed by atoms with Gasteiger partial charge in [0.2, 0.25) is 0 Å². The van der Waals surface area contributed by atoms with Gasteiger partial charge in [-0.05, 0) is 17.7 Å². The highest BCUT2D eigenvalue weighted by molar-refractivity contribution is 7.87. The molecule has 20 heavy (non-hydrogen) atoms. The van der Waals surface area contributed by atoms with Crippen LogP contribution in [0.4, 0.5) is 30.7 Å². The summed E-state index contributed by atoms with van der Waals surface area (Å²) in [6.45, 7) is -1.30. The molecule has 1 rings (SSSR count). The van der Waals surface area contributed by atoms with Crippen LogP contribution in [0.2, 0.25) is 0 Å². The van der Waals surface area contributed by atoms with Crippen molar-refractivity contribution in [2.24, 2.45) is 0 Å². The Bertz CT molecular complexity index is 589. The molecule has 0 aromatic heterocycles. The number of benzene rings is 1. The Labute approximate surface area is 108 Å². The third kappa shape index (κ3) is 3.82. The van der Waals surface area contributed by atoms with E-state index in [1.54, 1.807) is 0 Å². The second kappa shape index (κ2) is 5.20. The fourth-order valence-electron chi connectivity index (χ4n) is 1.09. The Kier molecular flexibility index (Phi) is 4.34. The number of halogens is 7. The van der Waals surface area contributed by atoms with Crippen LogP contribution in [0.3, 0.4) is 0 Å². The Balaban J connectivity index is 2.97. The molecule has 0 N–H and O–H groups in total. The predicted octanol–water partition coefficient (Wildman–Crippen LogP) is 3.21. The van der Waals surface area contributed by atoms with E-state index in [1.165, 1.54) is 0 Å². The van der Waals surface area contributed by atoms with E-state index >= 15 is 0 Å². The van der Waals surface area contributed by atoms with Crippen molar-refractivity contribution in [1.82, 2.24) is 0 Å². The summed E-state index contributed by atoms with van der Waals surface area (Å²) in [7, 11) is -5.93. The number of alkyl halides is 6. The van der Waals surface area contributed by atoms with Gasteiger partial charge in [-0.3, -0.25) is 4.18 Å². The zero-order chi connectivity index (χ0) is 15.8. The van der Waals surface area contributed by atoms with Gasteiger partial charge < -0.3 is 0 Å². The highest BCUT2D eigenvalue weighted by atomic mass is 32.2. The molecule has 0 aliphatic heterocycles. The van der Waals surface area contributed by atoms with Crippen LogP contribution in [-0.4, -0.2) is 13.9 Å². The minimum absolute atomic E-state index is 0.168. The van der Waals surface area contributed by atoms with Gasteiger partial charge in [0, 0.05) is 0 Å². The molecular weight excluding hydrogens is 321 g/mol. The normalized spacial score (nSPS) is 13.6. The van der Waals surface area contributed by atoms with E-state index in [4.69, 9.17) is 0 Å². The maximum absolute atomic E-state index is 12.9. The first-order chi connectivity index (χ1) is 8.84. The van der Waals surface area contributed by atoms with E-state index < -0.39 is 45.4 Å². The SMILES string of the molecule is O=S(=O)(OCc1ccc(F)c(C(F)(F)F)c1)C(F)(F)F. The van der Waals surface area contributed by atoms with Gasteiger partial charge in [-0.2, -0.15) is 34.8 Å². The molecule has 0 spiro atoms. The average molecular weight is 326 g/mol. The van der Waals surface area contributed by atoms with Crippen LogP contribution < -0.4 is 0 Å². The van der Waals surface area contributed by atoms with Crippen LogP contribution in [0.25, 0.3) is 0 Å². The molecular formula is C9H5F7O3S. The van der Waals surface area contributed by atoms with Crippen molar-refractivity contribution < 1.29 is 43.3 Å². The van der Waals surface area contributed by atoms with Crippen LogP contribution in [0.15, 0.2) is 18.2 Å². The Morgan fingerprint density at radius 2 is 1.60 bits per heavy atom. The fourth-order valence-corrected chi connectivity index (χ4v) is 1.52. The lowest BCUT2D eigenvalue weighted by atomic mass is 10.1. The number of rotatable bonds is 3. The van der Waals surface area contributed by atoms with Crippen LogP contribution in [-0.2, 0) is 27.1 Å². The van der Waals surface area contributed by atoms with Gasteiger partial charge in [-0.25, -0.2) is 4.39 Å². The molecule has 0 saturated heterocycles. The van der Waals surface area contributed by atoms with Gasteiger partial charge in [0.15, 0.2) is 0 Å². The third-order valence-electron chi connectivity index (χ3n) is 2.00. The van der Waals surface area contributed by atoms with E-state index in [0.29, 0.717) is 12.1 Å². The number of hydrogen-bond donors (Lipinski definition) is 0. The van der Waals surface area contributed by atoms with Gasteiger partial charge in [0.05, 0.1) is 12.2 Å². The molecule has 0 bridgehead atoms. The predicted molar refractivity (Wildman–Crippen MR) is 51.2 cm³/mol. The van der Waals surface area contributed by atoms with E-state index in [0.717, 1.165) is 0 Å². The molecule has 0 amide bonds. The van der Waals surface area contributed by atoms with E-state index in [1.807, 2.05) is 0 Å². The zero-order valence-corrected chi connectivity index (χ0v) is 10.0. The molecule has 0 aliphatic carbocycles. The van der Waals surface area contributed by atoms with Gasteiger partial charge in [0.1, 0.15) is 5.82 Å². The van der Waals surface area contributed by atoms with Gasteiger partial charge in [0.25, 0.3) is 0 Å². The molecule has 0 saturated carbocycles. The van der Waals surface area contributed by atoms with Crippen LogP contribution in [0.1, 0.15) is 11.1 Å². The molecule has 1 aromatic rings. The summed E-state index contributed by atoms with van der Waals surface area (Å²) >= 11 is 0. The molecule has 11 heteroatoms. The summed E-state index contributed by atoms with van der Waals surface area (Å²) in [6, 6.07) is 1.19. The zero-order valence-electron chi connectivity index (χ0n) is 9.22. The van der Waals surface area contributed by atoms with E-state index in [2.05, 4.69) is 4.18 Å². The Morgan fingerprint density at radius 3 is 2.05 bits per heavy atom. The van der Waals surface area contributed by atoms with Crippen molar-refractivity contribution >= 4 is 10.1 Å². The minimum Gasteiger partial charge on any atom is -0.258 e. The fraction of sp³-hybridized carbons (Fsp3) is 0.333. The molecule has 0 atom stereocenters. The quantitative estimate of drug-likeness (QED) is 0.487. The second-order valence-corrected chi connectivity index (χ2v) is 5.08. The average Bonchev–Trinajstić information content (AvgIpc) is 2.24. The van der Waals surface area contributed by atoms with E-state index in [9.17, 15) is 39.2 Å². The Hall–Kier alpha value is -1.36. The lowest BCUT2D eigenvalue weighted by Gasteiger charge is -2.11. The number of hydrogen-bond acceptors (Lipinski definition) is 3. The first-order valence-corrected chi connectivity index (χ1v) is 6.07. The summed E-state index contributed by atoms with van der Waals surface area (Å²) in [5.74, 6) is -1.64. The first kappa shape index (κ1) is 16.7. The monoisotopic (exact) mass is 326 g/mol. The van der Waals surface area contributed by atoms with Crippen molar-refractivity contribution in [3.05, 3.63) is 35.1 Å². The van der Waals surface area contributed by atoms with Crippen molar-refractivity contribution in [3.63, 3.8) is 0 Å². The largest absolute Gasteiger partial charge is 0.523 e. The molecule has 1 aromatic carbocycles. The summed E-state index contributed by atoms with van der Waals surface area (Å²) in [4.78, 5) is 0. The molecule has 0 heterocycles. The second-order valence-electron chi connectivity index (χ2n) is 3.47. The molecule has 0 fully saturated rings. The molecule has 0 aliphatic rings. The van der Waals surface area contributed by atoms with Crippen LogP contribution in [0, 0.1) is 5.82 Å². The lowest BCUT2D eigenvalue weighted by Crippen LogP contribution is -2.25. The standard InChI is InChI=1S/C9H5F7O3S/c10-7-2-1-5(3-6(7)8(11,12)13)4-19-20(17,18)9(14,15)16/h1-3H,4H2. The maximum Gasteiger partial charge on any atom is 0.523 e. The summed E-state index contributed by atoms with van der Waals surface area (Å²) < 4.78 is 110. The Morgan fingerprint density at radius 1 is 1.05 bits per heavy atom. The molecule has 0 unspecified atom stereocenters. The van der Waals surface area contributed by atoms with Gasteiger partial charge in [-0.15, -0.1) is 0 Å². The summed E-state index contributed by atoms with van der Waals surface area (Å²) in [6.07, 6.45) is -5.07. The van der Waals surface area contributed by atoms with Crippen LogP contribution >= 0.6 is 0 Å². The summed E-state index contributed by atoms with van der Waals surface area (Å²) in [5, 5.41) is 0. The smallest absolute Gasteiger partial charge is 0.258 e. The maximum atomic E-state index is 12.9. The topological polar surface area (TPSA) is 43.4 Å². The lowest BCUT2D eigenvalue weighted by molar-refractivity contribution is -0.140. The summed E-state index contributed by atoms with van der Waals surface area (Å²) in [5.41, 5.74) is -8.01. The third-order valence-corrected chi connectivity index (χ3v) is 3.00. The highest BCUT2D eigenvalue weighted by Crippen LogP contribution is 2.32. The minimum atomic E-state index is -5.93. The van der Waals surface area contributed by atoms with Crippen molar-refractivity contribution in [2.75, 3.05) is 0 Å². The van der Waals surface area contributed by atoms with Crippen LogP contribution in [0.5, 0.6) is 0 Å². The highest BCUT2D eigenvalue weighted by Gasteiger charge is 2.47. The molecule has 0 radical (unpaired) electrons.